The molecule has 0 fully saturated rings. The highest BCUT2D eigenvalue weighted by molar-refractivity contribution is 7.11. The number of hydrogen-bond acceptors (Lipinski definition) is 5. The molecule has 1 aromatic rings. The van der Waals surface area contributed by atoms with Crippen molar-refractivity contribution in [2.75, 3.05) is 6.54 Å². The smallest absolute Gasteiger partial charge is 0.428 e. The number of thiophene rings is 1. The molecular formula is C16H17NO3S. The van der Waals surface area contributed by atoms with Crippen LogP contribution < -0.4 is 0 Å². The highest BCUT2D eigenvalue weighted by Crippen LogP contribution is 2.37. The zero-order chi connectivity index (χ0) is 15.0. The highest BCUT2D eigenvalue weighted by Gasteiger charge is 2.26. The molecule has 2 aliphatic rings. The topological polar surface area (TPSA) is 38.8 Å². The van der Waals surface area contributed by atoms with Crippen LogP contribution in [0.4, 0.5) is 4.79 Å². The minimum Gasteiger partial charge on any atom is -0.428 e. The van der Waals surface area contributed by atoms with Gasteiger partial charge in [-0.05, 0) is 44.4 Å². The van der Waals surface area contributed by atoms with Crippen molar-refractivity contribution in [2.45, 2.75) is 26.4 Å². The van der Waals surface area contributed by atoms with E-state index in [1.165, 1.54) is 4.88 Å². The Morgan fingerprint density at radius 1 is 1.33 bits per heavy atom. The maximum Gasteiger partial charge on any atom is 0.514 e. The number of fused-ring (bicyclic) bond motifs is 3. The van der Waals surface area contributed by atoms with Crippen molar-refractivity contribution in [1.29, 1.82) is 0 Å². The lowest BCUT2D eigenvalue weighted by atomic mass is 10.1. The van der Waals surface area contributed by atoms with Crippen LogP contribution in [0.25, 0.3) is 11.8 Å². The SMILES string of the molecule is CC(C)(C)OC(=O)OC1=C2c3ccsc3C=CN2CC=C1. The Kier molecular flexibility index (Phi) is 3.37. The Labute approximate surface area is 128 Å². The maximum absolute atomic E-state index is 11.9. The van der Waals surface area contributed by atoms with Crippen molar-refractivity contribution in [3.63, 3.8) is 0 Å². The molecule has 0 radical (unpaired) electrons. The molecule has 5 heteroatoms. The fourth-order valence-corrected chi connectivity index (χ4v) is 3.04. The molecule has 21 heavy (non-hydrogen) atoms. The Bertz CT molecular complexity index is 661. The summed E-state index contributed by atoms with van der Waals surface area (Å²) in [4.78, 5) is 15.1. The minimum atomic E-state index is -0.678. The van der Waals surface area contributed by atoms with E-state index < -0.39 is 11.8 Å². The fraction of sp³-hybridized carbons (Fsp3) is 0.312. The van der Waals surface area contributed by atoms with Gasteiger partial charge in [-0.2, -0.15) is 0 Å². The van der Waals surface area contributed by atoms with E-state index >= 15 is 0 Å². The molecule has 0 saturated carbocycles. The first kappa shape index (κ1) is 13.9. The van der Waals surface area contributed by atoms with Gasteiger partial charge in [0.2, 0.25) is 0 Å². The molecule has 0 N–H and O–H groups in total. The van der Waals surface area contributed by atoms with Gasteiger partial charge in [0.15, 0.2) is 5.76 Å². The number of nitrogens with zero attached hydrogens (tertiary/aromatic N) is 1. The second-order valence-electron chi connectivity index (χ2n) is 5.85. The Morgan fingerprint density at radius 3 is 2.90 bits per heavy atom. The lowest BCUT2D eigenvalue weighted by Gasteiger charge is -2.30. The summed E-state index contributed by atoms with van der Waals surface area (Å²) >= 11 is 1.67. The quantitative estimate of drug-likeness (QED) is 0.728. The average molecular weight is 303 g/mol. The maximum atomic E-state index is 11.9. The molecule has 1 aromatic heterocycles. The first-order chi connectivity index (χ1) is 9.94. The van der Waals surface area contributed by atoms with Crippen molar-refractivity contribution in [3.05, 3.63) is 46.0 Å². The normalized spacial score (nSPS) is 16.6. The third-order valence-electron chi connectivity index (χ3n) is 3.03. The number of hydrogen-bond donors (Lipinski definition) is 0. The van der Waals surface area contributed by atoms with Gasteiger partial charge in [-0.1, -0.05) is 6.08 Å². The van der Waals surface area contributed by atoms with Gasteiger partial charge in [-0.3, -0.25) is 0 Å². The molecule has 3 heterocycles. The zero-order valence-corrected chi connectivity index (χ0v) is 13.1. The number of ether oxygens (including phenoxy) is 2. The molecule has 0 aromatic carbocycles. The van der Waals surface area contributed by atoms with Crippen molar-refractivity contribution in [2.24, 2.45) is 0 Å². The second-order valence-corrected chi connectivity index (χ2v) is 6.80. The van der Waals surface area contributed by atoms with Crippen LogP contribution in [0.3, 0.4) is 0 Å². The van der Waals surface area contributed by atoms with E-state index in [0.717, 1.165) is 17.8 Å². The van der Waals surface area contributed by atoms with Crippen molar-refractivity contribution >= 4 is 29.3 Å². The Hall–Kier alpha value is -2.01. The number of carbonyl (C=O) groups excluding carboxylic acids is 1. The molecule has 3 rings (SSSR count). The molecule has 0 unspecified atom stereocenters. The Morgan fingerprint density at radius 2 is 2.14 bits per heavy atom. The third kappa shape index (κ3) is 2.88. The first-order valence-corrected chi connectivity index (χ1v) is 7.66. The van der Waals surface area contributed by atoms with Crippen LogP contribution in [-0.4, -0.2) is 23.2 Å². The number of rotatable bonds is 1. The predicted molar refractivity (Wildman–Crippen MR) is 83.4 cm³/mol. The summed E-state index contributed by atoms with van der Waals surface area (Å²) in [6.45, 7) is 6.21. The summed E-state index contributed by atoms with van der Waals surface area (Å²) < 4.78 is 10.7. The average Bonchev–Trinajstić information content (AvgIpc) is 2.84. The first-order valence-electron chi connectivity index (χ1n) is 6.78. The van der Waals surface area contributed by atoms with Crippen LogP contribution >= 0.6 is 11.3 Å². The van der Waals surface area contributed by atoms with Gasteiger partial charge < -0.3 is 14.4 Å². The van der Waals surface area contributed by atoms with Gasteiger partial charge in [-0.15, -0.1) is 11.3 Å². The van der Waals surface area contributed by atoms with Crippen molar-refractivity contribution in [3.8, 4) is 0 Å². The summed E-state index contributed by atoms with van der Waals surface area (Å²) in [6, 6.07) is 2.05. The van der Waals surface area contributed by atoms with Crippen LogP contribution in [0.5, 0.6) is 0 Å². The summed E-state index contributed by atoms with van der Waals surface area (Å²) in [5.41, 5.74) is 1.44. The van der Waals surface area contributed by atoms with Gasteiger partial charge >= 0.3 is 6.16 Å². The van der Waals surface area contributed by atoms with E-state index in [0.29, 0.717) is 5.76 Å². The van der Waals surface area contributed by atoms with Crippen LogP contribution in [0.2, 0.25) is 0 Å². The van der Waals surface area contributed by atoms with Crippen LogP contribution in [-0.2, 0) is 9.47 Å². The van der Waals surface area contributed by atoms with Gasteiger partial charge in [-0.25, -0.2) is 4.79 Å². The summed E-state index contributed by atoms with van der Waals surface area (Å²) in [6.07, 6.45) is 7.20. The molecule has 0 atom stereocenters. The molecule has 2 aliphatic heterocycles. The van der Waals surface area contributed by atoms with E-state index in [1.807, 2.05) is 50.6 Å². The van der Waals surface area contributed by atoms with Gasteiger partial charge in [0.05, 0.1) is 5.70 Å². The Balaban J connectivity index is 1.92. The van der Waals surface area contributed by atoms with E-state index in [4.69, 9.17) is 9.47 Å². The standard InChI is InChI=1S/C16H17NO3S/c1-16(2,3)20-15(18)19-12-5-4-8-17-9-6-13-11(14(12)17)7-10-21-13/h4-7,9-10H,8H2,1-3H3. The molecule has 4 nitrogen and oxygen atoms in total. The van der Waals surface area contributed by atoms with E-state index in [1.54, 1.807) is 11.3 Å². The largest absolute Gasteiger partial charge is 0.514 e. The lowest BCUT2D eigenvalue weighted by molar-refractivity contribution is 0.00768. The van der Waals surface area contributed by atoms with Gasteiger partial charge in [0.25, 0.3) is 0 Å². The molecule has 0 saturated heterocycles. The van der Waals surface area contributed by atoms with Gasteiger partial charge in [0.1, 0.15) is 5.60 Å². The van der Waals surface area contributed by atoms with Crippen LogP contribution in [0.1, 0.15) is 31.2 Å². The molecule has 0 aliphatic carbocycles. The summed E-state index contributed by atoms with van der Waals surface area (Å²) in [5, 5.41) is 2.04. The summed E-state index contributed by atoms with van der Waals surface area (Å²) in [5.74, 6) is 0.527. The van der Waals surface area contributed by atoms with Crippen LogP contribution in [0.15, 0.2) is 35.6 Å². The van der Waals surface area contributed by atoms with E-state index in [9.17, 15) is 4.79 Å². The monoisotopic (exact) mass is 303 g/mol. The molecule has 0 bridgehead atoms. The van der Waals surface area contributed by atoms with Crippen LogP contribution in [0, 0.1) is 0 Å². The second kappa shape index (κ2) is 5.07. The van der Waals surface area contributed by atoms with E-state index in [2.05, 4.69) is 11.0 Å². The van der Waals surface area contributed by atoms with E-state index in [-0.39, 0.29) is 0 Å². The predicted octanol–water partition coefficient (Wildman–Crippen LogP) is 4.22. The zero-order valence-electron chi connectivity index (χ0n) is 12.3. The van der Waals surface area contributed by atoms with Crippen molar-refractivity contribution < 1.29 is 14.3 Å². The molecule has 0 spiro atoms. The summed E-state index contributed by atoms with van der Waals surface area (Å²) in [7, 11) is 0. The molecule has 110 valence electrons. The highest BCUT2D eigenvalue weighted by atomic mass is 32.1. The molecule has 0 amide bonds. The minimum absolute atomic E-state index is 0.527. The molecular weight excluding hydrogens is 286 g/mol. The van der Waals surface area contributed by atoms with Crippen molar-refractivity contribution in [1.82, 2.24) is 4.90 Å². The number of allylic oxidation sites excluding steroid dienone is 1. The lowest BCUT2D eigenvalue weighted by Crippen LogP contribution is -2.27. The van der Waals surface area contributed by atoms with Gasteiger partial charge in [0, 0.05) is 23.2 Å². The number of carbonyl (C=O) groups is 1. The fourth-order valence-electron chi connectivity index (χ4n) is 2.25. The third-order valence-corrected chi connectivity index (χ3v) is 3.91.